The Morgan fingerprint density at radius 3 is 2.57 bits per heavy atom. The van der Waals surface area contributed by atoms with Gasteiger partial charge in [-0.05, 0) is 37.1 Å². The van der Waals surface area contributed by atoms with E-state index in [1.807, 2.05) is 24.3 Å². The van der Waals surface area contributed by atoms with Crippen molar-refractivity contribution in [1.29, 1.82) is 0 Å². The summed E-state index contributed by atoms with van der Waals surface area (Å²) in [6, 6.07) is 16.4. The minimum atomic E-state index is -0.328. The molecule has 112 valence electrons. The predicted molar refractivity (Wildman–Crippen MR) is 85.3 cm³/mol. The van der Waals surface area contributed by atoms with Crippen LogP contribution in [-0.4, -0.2) is 17.8 Å². The van der Waals surface area contributed by atoms with Gasteiger partial charge in [0.1, 0.15) is 12.4 Å². The normalized spacial score (nSPS) is 12.1. The van der Waals surface area contributed by atoms with E-state index >= 15 is 0 Å². The molecule has 0 amide bonds. The lowest BCUT2D eigenvalue weighted by Gasteiger charge is -2.10. The molecule has 1 atom stereocenters. The second-order valence-corrected chi connectivity index (χ2v) is 5.40. The second-order valence-electron chi connectivity index (χ2n) is 5.40. The van der Waals surface area contributed by atoms with Gasteiger partial charge in [0.15, 0.2) is 0 Å². The molecule has 0 spiro atoms. The van der Waals surface area contributed by atoms with Crippen LogP contribution >= 0.6 is 0 Å². The average Bonchev–Trinajstić information content (AvgIpc) is 2.47. The Kier molecular flexibility index (Phi) is 5.78. The van der Waals surface area contributed by atoms with Crippen LogP contribution in [-0.2, 0) is 13.2 Å². The van der Waals surface area contributed by atoms with Gasteiger partial charge in [-0.15, -0.1) is 0 Å². The first-order chi connectivity index (χ1) is 10.1. The van der Waals surface area contributed by atoms with Crippen molar-refractivity contribution in [3.63, 3.8) is 0 Å². The molecule has 0 unspecified atom stereocenters. The quantitative estimate of drug-likeness (QED) is 0.821. The number of rotatable bonds is 7. The summed E-state index contributed by atoms with van der Waals surface area (Å²) in [5.41, 5.74) is 3.57. The molecule has 21 heavy (non-hydrogen) atoms. The lowest BCUT2D eigenvalue weighted by atomic mass is 10.2. The maximum absolute atomic E-state index is 9.23. The number of ether oxygens (including phenoxy) is 1. The van der Waals surface area contributed by atoms with Crippen LogP contribution in [0.4, 0.5) is 0 Å². The summed E-state index contributed by atoms with van der Waals surface area (Å²) in [4.78, 5) is 0. The average molecular weight is 285 g/mol. The Morgan fingerprint density at radius 1 is 1.10 bits per heavy atom. The van der Waals surface area contributed by atoms with Crippen LogP contribution < -0.4 is 10.1 Å². The molecule has 0 saturated heterocycles. The van der Waals surface area contributed by atoms with Gasteiger partial charge in [-0.1, -0.05) is 42.0 Å². The highest BCUT2D eigenvalue weighted by Gasteiger charge is 2.00. The van der Waals surface area contributed by atoms with Crippen LogP contribution in [0.2, 0.25) is 0 Å². The van der Waals surface area contributed by atoms with Crippen molar-refractivity contribution >= 4 is 0 Å². The van der Waals surface area contributed by atoms with Crippen molar-refractivity contribution in [2.75, 3.05) is 6.54 Å². The van der Waals surface area contributed by atoms with Gasteiger partial charge in [0.25, 0.3) is 0 Å². The minimum Gasteiger partial charge on any atom is -0.489 e. The van der Waals surface area contributed by atoms with E-state index in [0.29, 0.717) is 13.2 Å². The highest BCUT2D eigenvalue weighted by Crippen LogP contribution is 2.15. The minimum absolute atomic E-state index is 0.328. The Balaban J connectivity index is 1.87. The maximum atomic E-state index is 9.23. The molecule has 0 heterocycles. The van der Waals surface area contributed by atoms with Gasteiger partial charge in [-0.3, -0.25) is 0 Å². The molecule has 3 heteroatoms. The third kappa shape index (κ3) is 5.58. The summed E-state index contributed by atoms with van der Waals surface area (Å²) in [7, 11) is 0. The second kappa shape index (κ2) is 7.81. The lowest BCUT2D eigenvalue weighted by Crippen LogP contribution is -2.23. The number of aryl methyl sites for hydroxylation is 1. The summed E-state index contributed by atoms with van der Waals surface area (Å²) in [5.74, 6) is 0.868. The molecular weight excluding hydrogens is 262 g/mol. The monoisotopic (exact) mass is 285 g/mol. The Bertz CT molecular complexity index is 549. The molecule has 2 aromatic rings. The van der Waals surface area contributed by atoms with Gasteiger partial charge in [0.05, 0.1) is 6.10 Å². The number of aliphatic hydroxyl groups excluding tert-OH is 1. The van der Waals surface area contributed by atoms with E-state index in [2.05, 4.69) is 36.5 Å². The van der Waals surface area contributed by atoms with Crippen molar-refractivity contribution in [3.05, 3.63) is 65.2 Å². The van der Waals surface area contributed by atoms with Gasteiger partial charge in [0.2, 0.25) is 0 Å². The molecule has 3 nitrogen and oxygen atoms in total. The van der Waals surface area contributed by atoms with E-state index in [9.17, 15) is 5.11 Å². The molecule has 0 aliphatic heterocycles. The van der Waals surface area contributed by atoms with E-state index in [1.54, 1.807) is 6.92 Å². The fourth-order valence-corrected chi connectivity index (χ4v) is 2.02. The van der Waals surface area contributed by atoms with E-state index in [-0.39, 0.29) is 6.10 Å². The Labute approximate surface area is 126 Å². The van der Waals surface area contributed by atoms with Crippen LogP contribution in [0.1, 0.15) is 23.6 Å². The largest absolute Gasteiger partial charge is 0.489 e. The zero-order valence-electron chi connectivity index (χ0n) is 12.7. The molecule has 0 aliphatic rings. The first-order valence-corrected chi connectivity index (χ1v) is 7.29. The third-order valence-corrected chi connectivity index (χ3v) is 3.19. The van der Waals surface area contributed by atoms with Crippen molar-refractivity contribution in [2.24, 2.45) is 0 Å². The number of hydrogen-bond donors (Lipinski definition) is 2. The fourth-order valence-electron chi connectivity index (χ4n) is 2.02. The van der Waals surface area contributed by atoms with Crippen molar-refractivity contribution in [2.45, 2.75) is 33.1 Å². The Hall–Kier alpha value is -1.84. The lowest BCUT2D eigenvalue weighted by molar-refractivity contribution is 0.191. The standard InChI is InChI=1S/C18H23NO2/c1-14-6-8-16(9-7-14)13-21-18-5-3-4-17(10-18)12-19-11-15(2)20/h3-10,15,19-20H,11-13H2,1-2H3/t15-/m1/s1. The number of nitrogens with one attached hydrogen (secondary N) is 1. The van der Waals surface area contributed by atoms with Crippen LogP contribution in [0, 0.1) is 6.92 Å². The summed E-state index contributed by atoms with van der Waals surface area (Å²) in [5, 5.41) is 12.4. The predicted octanol–water partition coefficient (Wildman–Crippen LogP) is 3.04. The fraction of sp³-hybridized carbons (Fsp3) is 0.333. The van der Waals surface area contributed by atoms with Crippen LogP contribution in [0.3, 0.4) is 0 Å². The summed E-state index contributed by atoms with van der Waals surface area (Å²) < 4.78 is 5.82. The SMILES string of the molecule is Cc1ccc(COc2cccc(CNC[C@@H](C)O)c2)cc1. The highest BCUT2D eigenvalue weighted by molar-refractivity contribution is 5.29. The van der Waals surface area contributed by atoms with Crippen LogP contribution in [0.25, 0.3) is 0 Å². The van der Waals surface area contributed by atoms with E-state index in [4.69, 9.17) is 4.74 Å². The highest BCUT2D eigenvalue weighted by atomic mass is 16.5. The van der Waals surface area contributed by atoms with Crippen molar-refractivity contribution < 1.29 is 9.84 Å². The Morgan fingerprint density at radius 2 is 1.86 bits per heavy atom. The molecule has 0 bridgehead atoms. The van der Waals surface area contributed by atoms with Crippen LogP contribution in [0.5, 0.6) is 5.75 Å². The molecule has 2 rings (SSSR count). The molecule has 2 aromatic carbocycles. The molecule has 0 radical (unpaired) electrons. The number of benzene rings is 2. The summed E-state index contributed by atoms with van der Waals surface area (Å²) in [6.45, 7) is 5.74. The van der Waals surface area contributed by atoms with E-state index in [0.717, 1.165) is 17.9 Å². The number of hydrogen-bond acceptors (Lipinski definition) is 3. The van der Waals surface area contributed by atoms with Crippen molar-refractivity contribution in [1.82, 2.24) is 5.32 Å². The maximum Gasteiger partial charge on any atom is 0.120 e. The summed E-state index contributed by atoms with van der Waals surface area (Å²) >= 11 is 0. The smallest absolute Gasteiger partial charge is 0.120 e. The van der Waals surface area contributed by atoms with Gasteiger partial charge in [-0.25, -0.2) is 0 Å². The van der Waals surface area contributed by atoms with Crippen molar-refractivity contribution in [3.8, 4) is 5.75 Å². The zero-order valence-corrected chi connectivity index (χ0v) is 12.7. The molecular formula is C18H23NO2. The summed E-state index contributed by atoms with van der Waals surface area (Å²) in [6.07, 6.45) is -0.328. The first-order valence-electron chi connectivity index (χ1n) is 7.29. The zero-order chi connectivity index (χ0) is 15.1. The van der Waals surface area contributed by atoms with Gasteiger partial charge in [-0.2, -0.15) is 0 Å². The van der Waals surface area contributed by atoms with E-state index < -0.39 is 0 Å². The van der Waals surface area contributed by atoms with E-state index in [1.165, 1.54) is 11.1 Å². The number of aliphatic hydroxyl groups is 1. The first kappa shape index (κ1) is 15.5. The molecule has 0 aromatic heterocycles. The van der Waals surface area contributed by atoms with Crippen LogP contribution in [0.15, 0.2) is 48.5 Å². The molecule has 0 fully saturated rings. The molecule has 2 N–H and O–H groups in total. The molecule has 0 saturated carbocycles. The topological polar surface area (TPSA) is 41.5 Å². The van der Waals surface area contributed by atoms with Gasteiger partial charge >= 0.3 is 0 Å². The molecule has 0 aliphatic carbocycles. The third-order valence-electron chi connectivity index (χ3n) is 3.19. The van der Waals surface area contributed by atoms with Gasteiger partial charge < -0.3 is 15.2 Å². The van der Waals surface area contributed by atoms with Gasteiger partial charge in [0, 0.05) is 13.1 Å².